The predicted octanol–water partition coefficient (Wildman–Crippen LogP) is 2.94. The molecule has 0 aromatic heterocycles. The highest BCUT2D eigenvalue weighted by Gasteiger charge is 2.75. The quantitative estimate of drug-likeness (QED) is 0.490. The number of likely N-dealkylation sites (tertiary alicyclic amines) is 1. The Labute approximate surface area is 246 Å². The van der Waals surface area contributed by atoms with Crippen molar-refractivity contribution in [2.75, 3.05) is 37.7 Å². The first-order chi connectivity index (χ1) is 20.4. The van der Waals surface area contributed by atoms with Gasteiger partial charge in [-0.1, -0.05) is 61.6 Å². The molecule has 3 amide bonds. The molecule has 4 heterocycles. The van der Waals surface area contributed by atoms with E-state index in [1.165, 1.54) is 4.90 Å². The van der Waals surface area contributed by atoms with Crippen LogP contribution in [-0.2, 0) is 25.7 Å². The Morgan fingerprint density at radius 3 is 2.33 bits per heavy atom. The molecule has 42 heavy (non-hydrogen) atoms. The van der Waals surface area contributed by atoms with E-state index in [4.69, 9.17) is 9.47 Å². The lowest BCUT2D eigenvalue weighted by atomic mass is 9.73. The van der Waals surface area contributed by atoms with E-state index in [2.05, 4.69) is 0 Å². The van der Waals surface area contributed by atoms with Gasteiger partial charge < -0.3 is 29.3 Å². The van der Waals surface area contributed by atoms with Crippen molar-refractivity contribution in [3.63, 3.8) is 0 Å². The van der Waals surface area contributed by atoms with Gasteiger partial charge in [-0.2, -0.15) is 0 Å². The van der Waals surface area contributed by atoms with Gasteiger partial charge >= 0.3 is 0 Å². The fraction of sp³-hybridized carbons (Fsp3) is 0.424. The van der Waals surface area contributed by atoms with Crippen molar-refractivity contribution in [2.45, 2.75) is 44.1 Å². The molecule has 5 atom stereocenters. The van der Waals surface area contributed by atoms with Crippen molar-refractivity contribution in [1.82, 2.24) is 9.80 Å². The van der Waals surface area contributed by atoms with Gasteiger partial charge in [0.25, 0.3) is 0 Å². The summed E-state index contributed by atoms with van der Waals surface area (Å²) in [6.07, 6.45) is 8.02. The number of anilines is 1. The van der Waals surface area contributed by atoms with E-state index in [0.29, 0.717) is 44.1 Å². The molecular weight excluding hydrogens is 534 g/mol. The molecule has 2 saturated heterocycles. The molecule has 0 saturated carbocycles. The first-order valence-corrected chi connectivity index (χ1v) is 14.7. The zero-order valence-electron chi connectivity index (χ0n) is 24.0. The lowest BCUT2D eigenvalue weighted by molar-refractivity contribution is -0.152. The summed E-state index contributed by atoms with van der Waals surface area (Å²) in [5, 5.41) is 9.96. The van der Waals surface area contributed by atoms with Crippen molar-refractivity contribution in [3.8, 4) is 5.75 Å². The van der Waals surface area contributed by atoms with Gasteiger partial charge in [0, 0.05) is 31.9 Å². The number of hydrogen-bond acceptors (Lipinski definition) is 6. The molecule has 0 bridgehead atoms. The molecule has 0 radical (unpaired) electrons. The molecule has 2 aromatic rings. The number of fused-ring (bicyclic) bond motifs is 2. The minimum Gasteiger partial charge on any atom is -0.494 e. The number of nitrogens with zero attached hydrogens (tertiary/aromatic N) is 3. The standard InChI is InChI=1S/C33H37N3O6/c1-3-32-16-8-19-35(24-12-14-25(15-13-24)41-4-2)29(38)26(32)27-30(39)36(20-21-37)28-31(40)34(18-9-17-33(27,28)42-32)22-23-10-6-5-7-11-23/h5-17,26-28,37H,3-4,18-22H2,1-2H3/t26-,27-,28?,32+,33-/m0/s1. The first kappa shape index (κ1) is 28.2. The number of carbonyl (C=O) groups is 3. The lowest BCUT2D eigenvalue weighted by Gasteiger charge is -2.38. The van der Waals surface area contributed by atoms with Crippen LogP contribution in [0.1, 0.15) is 25.8 Å². The largest absolute Gasteiger partial charge is 0.494 e. The molecule has 1 unspecified atom stereocenters. The number of aliphatic hydroxyl groups excluding tert-OH is 1. The van der Waals surface area contributed by atoms with Gasteiger partial charge in [0.15, 0.2) is 0 Å². The van der Waals surface area contributed by atoms with Gasteiger partial charge in [0.1, 0.15) is 17.4 Å². The number of carbonyl (C=O) groups excluding carboxylic acids is 3. The average molecular weight is 572 g/mol. The molecular formula is C33H37N3O6. The molecule has 1 N–H and O–H groups in total. The van der Waals surface area contributed by atoms with Gasteiger partial charge in [-0.25, -0.2) is 0 Å². The Hall–Kier alpha value is -3.95. The highest BCUT2D eigenvalue weighted by molar-refractivity contribution is 6.04. The minimum absolute atomic E-state index is 0.0254. The Bertz CT molecular complexity index is 1410. The lowest BCUT2D eigenvalue weighted by Crippen LogP contribution is -2.56. The molecule has 220 valence electrons. The van der Waals surface area contributed by atoms with Crippen LogP contribution in [-0.4, -0.2) is 82.7 Å². The van der Waals surface area contributed by atoms with E-state index in [-0.39, 0.29) is 30.9 Å². The monoisotopic (exact) mass is 571 g/mol. The SMILES string of the molecule is CCOc1ccc(N2CC=C[C@@]3(CC)O[C@]45C=CCN(Cc6ccccc6)C(=O)C4N(CCO)C(=O)[C@@H]5[C@H]3C2=O)cc1. The van der Waals surface area contributed by atoms with Crippen molar-refractivity contribution in [2.24, 2.45) is 11.8 Å². The van der Waals surface area contributed by atoms with Crippen molar-refractivity contribution in [3.05, 3.63) is 84.5 Å². The smallest absolute Gasteiger partial charge is 0.249 e. The second-order valence-corrected chi connectivity index (χ2v) is 11.3. The molecule has 6 rings (SSSR count). The van der Waals surface area contributed by atoms with Crippen LogP contribution in [0.2, 0.25) is 0 Å². The third-order valence-electron chi connectivity index (χ3n) is 9.04. The molecule has 0 aliphatic carbocycles. The van der Waals surface area contributed by atoms with Crippen LogP contribution in [0.4, 0.5) is 5.69 Å². The summed E-state index contributed by atoms with van der Waals surface area (Å²) < 4.78 is 12.5. The van der Waals surface area contributed by atoms with Crippen LogP contribution >= 0.6 is 0 Å². The van der Waals surface area contributed by atoms with E-state index in [0.717, 1.165) is 5.56 Å². The van der Waals surface area contributed by atoms with Crippen LogP contribution in [0, 0.1) is 11.8 Å². The van der Waals surface area contributed by atoms with E-state index in [9.17, 15) is 19.5 Å². The van der Waals surface area contributed by atoms with E-state index in [1.54, 1.807) is 9.80 Å². The van der Waals surface area contributed by atoms with Gasteiger partial charge in [-0.15, -0.1) is 0 Å². The molecule has 4 aliphatic heterocycles. The zero-order valence-corrected chi connectivity index (χ0v) is 24.0. The fourth-order valence-electron chi connectivity index (χ4n) is 7.22. The third-order valence-corrected chi connectivity index (χ3v) is 9.04. The number of amides is 3. The van der Waals surface area contributed by atoms with Crippen LogP contribution < -0.4 is 9.64 Å². The molecule has 4 aliphatic rings. The fourth-order valence-corrected chi connectivity index (χ4v) is 7.22. The maximum atomic E-state index is 14.5. The molecule has 1 spiro atoms. The van der Waals surface area contributed by atoms with Gasteiger partial charge in [-0.3, -0.25) is 14.4 Å². The van der Waals surface area contributed by atoms with Crippen LogP contribution in [0.3, 0.4) is 0 Å². The second kappa shape index (κ2) is 11.0. The summed E-state index contributed by atoms with van der Waals surface area (Å²) in [5.41, 5.74) is -0.759. The molecule has 2 aromatic carbocycles. The van der Waals surface area contributed by atoms with E-state index < -0.39 is 29.1 Å². The predicted molar refractivity (Wildman–Crippen MR) is 157 cm³/mol. The number of ether oxygens (including phenoxy) is 2. The minimum atomic E-state index is -1.35. The van der Waals surface area contributed by atoms with Crippen LogP contribution in [0.25, 0.3) is 0 Å². The summed E-state index contributed by atoms with van der Waals surface area (Å²) >= 11 is 0. The van der Waals surface area contributed by atoms with Crippen LogP contribution in [0.5, 0.6) is 5.75 Å². The maximum Gasteiger partial charge on any atom is 0.249 e. The Kier molecular flexibility index (Phi) is 7.41. The third kappa shape index (κ3) is 4.34. The molecule has 2 fully saturated rings. The molecule has 9 nitrogen and oxygen atoms in total. The zero-order chi connectivity index (χ0) is 29.5. The van der Waals surface area contributed by atoms with E-state index in [1.807, 2.05) is 92.7 Å². The van der Waals surface area contributed by atoms with Gasteiger partial charge in [-0.05, 0) is 43.2 Å². The average Bonchev–Trinajstić information content (AvgIpc) is 3.29. The first-order valence-electron chi connectivity index (χ1n) is 14.7. The number of aliphatic hydroxyl groups is 1. The summed E-state index contributed by atoms with van der Waals surface area (Å²) in [6, 6.07) is 16.0. The number of rotatable bonds is 8. The molecule has 9 heteroatoms. The number of hydrogen-bond donors (Lipinski definition) is 1. The summed E-state index contributed by atoms with van der Waals surface area (Å²) in [5.74, 6) is -1.89. The second-order valence-electron chi connectivity index (χ2n) is 11.3. The van der Waals surface area contributed by atoms with Gasteiger partial charge in [0.2, 0.25) is 17.7 Å². The van der Waals surface area contributed by atoms with Crippen molar-refractivity contribution in [1.29, 1.82) is 0 Å². The topological polar surface area (TPSA) is 99.6 Å². The highest BCUT2D eigenvalue weighted by atomic mass is 16.5. The summed E-state index contributed by atoms with van der Waals surface area (Å²) in [7, 11) is 0. The Morgan fingerprint density at radius 1 is 0.905 bits per heavy atom. The number of benzene rings is 2. The van der Waals surface area contributed by atoms with Gasteiger partial charge in [0.05, 0.1) is 30.7 Å². The van der Waals surface area contributed by atoms with Crippen LogP contribution in [0.15, 0.2) is 78.9 Å². The Morgan fingerprint density at radius 2 is 1.64 bits per heavy atom. The summed E-state index contributed by atoms with van der Waals surface area (Å²) in [4.78, 5) is 48.0. The Balaban J connectivity index is 1.41. The highest BCUT2D eigenvalue weighted by Crippen LogP contribution is 2.58. The van der Waals surface area contributed by atoms with Crippen molar-refractivity contribution < 1.29 is 29.0 Å². The maximum absolute atomic E-state index is 14.5. The summed E-state index contributed by atoms with van der Waals surface area (Å²) in [6.45, 7) is 5.10. The number of β-amino-alcohol motifs (C(OH)–C–C–N with tert-alkyl or cyclic N) is 1. The van der Waals surface area contributed by atoms with Crippen molar-refractivity contribution >= 4 is 23.4 Å². The normalized spacial score (nSPS) is 30.2. The van der Waals surface area contributed by atoms with E-state index >= 15 is 0 Å².